The van der Waals surface area contributed by atoms with Gasteiger partial charge >= 0.3 is 0 Å². The highest BCUT2D eigenvalue weighted by Crippen LogP contribution is 2.63. The Morgan fingerprint density at radius 3 is 2.37 bits per heavy atom. The molecule has 0 fully saturated rings. The van der Waals surface area contributed by atoms with Crippen LogP contribution in [0.1, 0.15) is 85.9 Å². The van der Waals surface area contributed by atoms with Crippen LogP contribution >= 0.6 is 0 Å². The van der Waals surface area contributed by atoms with E-state index in [0.29, 0.717) is 5.92 Å². The molecule has 0 bridgehead atoms. The zero-order valence-electron chi connectivity index (χ0n) is 24.8. The smallest absolute Gasteiger partial charge is 0.0159 e. The van der Waals surface area contributed by atoms with Crippen molar-refractivity contribution in [1.82, 2.24) is 0 Å². The van der Waals surface area contributed by atoms with Gasteiger partial charge in [-0.25, -0.2) is 0 Å². The van der Waals surface area contributed by atoms with E-state index in [1.54, 1.807) is 16.7 Å². The Morgan fingerprint density at radius 1 is 0.732 bits per heavy atom. The van der Waals surface area contributed by atoms with Crippen molar-refractivity contribution >= 4 is 21.9 Å². The second-order valence-electron chi connectivity index (χ2n) is 14.0. The van der Waals surface area contributed by atoms with Crippen LogP contribution in [-0.4, -0.2) is 0 Å². The minimum Gasteiger partial charge on any atom is -0.0836 e. The summed E-state index contributed by atoms with van der Waals surface area (Å²) in [4.78, 5) is 0. The van der Waals surface area contributed by atoms with Crippen LogP contribution < -0.4 is 0 Å². The minimum atomic E-state index is -0.0417. The summed E-state index contributed by atoms with van der Waals surface area (Å²) in [6, 6.07) is 26.0. The number of aryl methyl sites for hydroxylation is 1. The molecule has 0 saturated carbocycles. The summed E-state index contributed by atoms with van der Waals surface area (Å²) in [5, 5.41) is 2.77. The van der Waals surface area contributed by atoms with Gasteiger partial charge in [-0.1, -0.05) is 101 Å². The molecule has 41 heavy (non-hydrogen) atoms. The van der Waals surface area contributed by atoms with Crippen LogP contribution in [0, 0.1) is 12.8 Å². The Balaban J connectivity index is 1.35. The van der Waals surface area contributed by atoms with Gasteiger partial charge in [0.25, 0.3) is 0 Å². The van der Waals surface area contributed by atoms with Crippen molar-refractivity contribution in [2.75, 3.05) is 0 Å². The fourth-order valence-electron chi connectivity index (χ4n) is 9.31. The second kappa shape index (κ2) is 7.68. The second-order valence-corrected chi connectivity index (χ2v) is 14.0. The molecule has 0 N–H and O–H groups in total. The lowest BCUT2D eigenvalue weighted by Gasteiger charge is -2.40. The molecule has 9 rings (SSSR count). The molecule has 0 heteroatoms. The summed E-state index contributed by atoms with van der Waals surface area (Å²) in [6.45, 7) is 12.2. The zero-order chi connectivity index (χ0) is 27.8. The van der Waals surface area contributed by atoms with E-state index in [0.717, 1.165) is 12.8 Å². The van der Waals surface area contributed by atoms with Crippen molar-refractivity contribution in [2.45, 2.75) is 64.7 Å². The van der Waals surface area contributed by atoms with Gasteiger partial charge in [0.15, 0.2) is 0 Å². The summed E-state index contributed by atoms with van der Waals surface area (Å²) in [5.41, 5.74) is 20.8. The van der Waals surface area contributed by atoms with Gasteiger partial charge in [-0.05, 0) is 127 Å². The molecule has 5 aliphatic rings. The Kier molecular flexibility index (Phi) is 4.45. The highest BCUT2D eigenvalue weighted by molar-refractivity contribution is 6.07. The lowest BCUT2D eigenvalue weighted by molar-refractivity contribution is 0.561. The van der Waals surface area contributed by atoms with Gasteiger partial charge in [-0.2, -0.15) is 0 Å². The topological polar surface area (TPSA) is 0 Å². The van der Waals surface area contributed by atoms with Crippen LogP contribution in [0.3, 0.4) is 0 Å². The molecule has 0 spiro atoms. The minimum absolute atomic E-state index is 0.0414. The summed E-state index contributed by atoms with van der Waals surface area (Å²) >= 11 is 0. The van der Waals surface area contributed by atoms with Crippen LogP contribution in [0.25, 0.3) is 33.0 Å². The first kappa shape index (κ1) is 23.8. The monoisotopic (exact) mass is 528 g/mol. The molecule has 1 atom stereocenters. The van der Waals surface area contributed by atoms with E-state index in [-0.39, 0.29) is 10.8 Å². The molecular formula is C41H36. The summed E-state index contributed by atoms with van der Waals surface area (Å²) in [5.74, 6) is 0.432. The van der Waals surface area contributed by atoms with Crippen LogP contribution in [-0.2, 0) is 10.8 Å². The maximum Gasteiger partial charge on any atom is 0.0159 e. The SMILES string of the molecule is Cc1cccc2ccc3c(c12)-c1cc2c(cc1C3(C)C)C1=C(C3CC=C4CCC=CC4=C3c3ccccc31)C2(C)C. The van der Waals surface area contributed by atoms with Gasteiger partial charge in [0.2, 0.25) is 0 Å². The van der Waals surface area contributed by atoms with Crippen LogP contribution in [0.2, 0.25) is 0 Å². The summed E-state index contributed by atoms with van der Waals surface area (Å²) in [7, 11) is 0. The molecule has 0 aromatic heterocycles. The van der Waals surface area contributed by atoms with E-state index in [1.807, 2.05) is 0 Å². The molecule has 5 aliphatic carbocycles. The van der Waals surface area contributed by atoms with Gasteiger partial charge in [0, 0.05) is 16.7 Å². The van der Waals surface area contributed by atoms with E-state index in [4.69, 9.17) is 0 Å². The van der Waals surface area contributed by atoms with Crippen molar-refractivity contribution in [3.8, 4) is 11.1 Å². The third-order valence-corrected chi connectivity index (χ3v) is 11.2. The van der Waals surface area contributed by atoms with E-state index in [2.05, 4.69) is 120 Å². The predicted octanol–water partition coefficient (Wildman–Crippen LogP) is 10.6. The number of rotatable bonds is 0. The van der Waals surface area contributed by atoms with Crippen LogP contribution in [0.4, 0.5) is 0 Å². The Labute approximate surface area is 243 Å². The van der Waals surface area contributed by atoms with Crippen molar-refractivity contribution in [3.63, 3.8) is 0 Å². The molecule has 0 aliphatic heterocycles. The number of hydrogen-bond donors (Lipinski definition) is 0. The zero-order valence-corrected chi connectivity index (χ0v) is 24.8. The highest BCUT2D eigenvalue weighted by Gasteiger charge is 2.49. The molecule has 1 unspecified atom stereocenters. The van der Waals surface area contributed by atoms with Crippen molar-refractivity contribution in [2.24, 2.45) is 5.92 Å². The lowest BCUT2D eigenvalue weighted by atomic mass is 9.63. The van der Waals surface area contributed by atoms with Crippen molar-refractivity contribution in [3.05, 3.63) is 141 Å². The lowest BCUT2D eigenvalue weighted by Crippen LogP contribution is -2.28. The standard InChI is InChI=1S/C41H36/c1-23-11-10-13-25-18-20-32-38(35(23)25)31-22-34-30(21-33(31)40(32,2)3)37-28-16-9-8-15-27(28)36-26-14-7-6-12-24(26)17-19-29(36)39(37)41(34,4)5/h7-11,13-18,20-22,29H,6,12,19H2,1-5H3. The molecule has 4 aromatic carbocycles. The first-order valence-electron chi connectivity index (χ1n) is 15.5. The van der Waals surface area contributed by atoms with E-state index < -0.39 is 0 Å². The molecular weight excluding hydrogens is 492 g/mol. The molecule has 0 radical (unpaired) electrons. The highest BCUT2D eigenvalue weighted by atomic mass is 14.5. The molecule has 4 aromatic rings. The molecule has 0 saturated heterocycles. The van der Waals surface area contributed by atoms with E-state index in [9.17, 15) is 0 Å². The summed E-state index contributed by atoms with van der Waals surface area (Å²) in [6.07, 6.45) is 10.8. The fourth-order valence-corrected chi connectivity index (χ4v) is 9.31. The molecule has 0 amide bonds. The largest absolute Gasteiger partial charge is 0.0836 e. The Morgan fingerprint density at radius 2 is 1.51 bits per heavy atom. The van der Waals surface area contributed by atoms with Gasteiger partial charge in [-0.3, -0.25) is 0 Å². The Bertz CT molecular complexity index is 2010. The van der Waals surface area contributed by atoms with Gasteiger partial charge in [0.05, 0.1) is 0 Å². The first-order valence-corrected chi connectivity index (χ1v) is 15.5. The average Bonchev–Trinajstić information content (AvgIpc) is 3.35. The number of hydrogen-bond acceptors (Lipinski definition) is 0. The average molecular weight is 529 g/mol. The normalized spacial score (nSPS) is 22.0. The van der Waals surface area contributed by atoms with Crippen molar-refractivity contribution < 1.29 is 0 Å². The first-order chi connectivity index (χ1) is 19.8. The maximum atomic E-state index is 2.61. The van der Waals surface area contributed by atoms with E-state index in [1.165, 1.54) is 78.4 Å². The van der Waals surface area contributed by atoms with Gasteiger partial charge < -0.3 is 0 Å². The maximum absolute atomic E-state index is 2.61. The molecule has 0 heterocycles. The fraction of sp³-hybridized carbons (Fsp3) is 0.268. The Hall–Kier alpha value is -3.90. The van der Waals surface area contributed by atoms with Crippen LogP contribution in [0.15, 0.2) is 102 Å². The predicted molar refractivity (Wildman–Crippen MR) is 173 cm³/mol. The van der Waals surface area contributed by atoms with Crippen LogP contribution in [0.5, 0.6) is 0 Å². The van der Waals surface area contributed by atoms with Gasteiger partial charge in [0.1, 0.15) is 0 Å². The molecule has 0 nitrogen and oxygen atoms in total. The third-order valence-electron chi connectivity index (χ3n) is 11.2. The van der Waals surface area contributed by atoms with Crippen molar-refractivity contribution in [1.29, 1.82) is 0 Å². The number of benzene rings is 4. The number of fused-ring (bicyclic) bond motifs is 13. The summed E-state index contributed by atoms with van der Waals surface area (Å²) < 4.78 is 0. The quantitative estimate of drug-likeness (QED) is 0.213. The van der Waals surface area contributed by atoms with Gasteiger partial charge in [-0.15, -0.1) is 0 Å². The molecule has 200 valence electrons. The van der Waals surface area contributed by atoms with E-state index >= 15 is 0 Å². The third kappa shape index (κ3) is 2.82. The number of allylic oxidation sites excluding steroid dienone is 7.